The number of ether oxygens (including phenoxy) is 1. The zero-order valence-electron chi connectivity index (χ0n) is 9.15. The first kappa shape index (κ1) is 9.60. The van der Waals surface area contributed by atoms with Crippen molar-refractivity contribution in [3.8, 4) is 5.88 Å². The third-order valence-electron chi connectivity index (χ3n) is 2.70. The molecule has 80 valence electrons. The van der Waals surface area contributed by atoms with Gasteiger partial charge in [0, 0.05) is 21.7 Å². The molecule has 2 heterocycles. The molecule has 0 radical (unpaired) electrons. The van der Waals surface area contributed by atoms with Crippen molar-refractivity contribution in [3.63, 3.8) is 0 Å². The molecule has 0 amide bonds. The van der Waals surface area contributed by atoms with Crippen molar-refractivity contribution in [1.29, 1.82) is 0 Å². The molecule has 0 unspecified atom stereocenters. The van der Waals surface area contributed by atoms with Crippen LogP contribution >= 0.6 is 11.3 Å². The van der Waals surface area contributed by atoms with Gasteiger partial charge in [0.15, 0.2) is 0 Å². The quantitative estimate of drug-likeness (QED) is 0.633. The molecular formula is C13H11NOS. The van der Waals surface area contributed by atoms with Gasteiger partial charge in [0.05, 0.1) is 11.8 Å². The Hall–Kier alpha value is -1.61. The number of aryl methyl sites for hydroxylation is 1. The highest BCUT2D eigenvalue weighted by atomic mass is 32.1. The molecule has 0 aliphatic rings. The van der Waals surface area contributed by atoms with E-state index in [1.165, 1.54) is 21.0 Å². The summed E-state index contributed by atoms with van der Waals surface area (Å²) in [4.78, 5) is 4.23. The van der Waals surface area contributed by atoms with Crippen LogP contribution in [-0.2, 0) is 0 Å². The maximum Gasteiger partial charge on any atom is 0.231 e. The molecule has 3 aromatic rings. The van der Waals surface area contributed by atoms with E-state index in [9.17, 15) is 0 Å². The van der Waals surface area contributed by atoms with E-state index in [1.807, 2.05) is 0 Å². The van der Waals surface area contributed by atoms with E-state index in [-0.39, 0.29) is 0 Å². The molecule has 0 fully saturated rings. The van der Waals surface area contributed by atoms with E-state index < -0.39 is 0 Å². The van der Waals surface area contributed by atoms with Crippen LogP contribution in [0.5, 0.6) is 5.88 Å². The summed E-state index contributed by atoms with van der Waals surface area (Å²) in [5.41, 5.74) is 1.28. The monoisotopic (exact) mass is 229 g/mol. The fraction of sp³-hybridized carbons (Fsp3) is 0.154. The van der Waals surface area contributed by atoms with Gasteiger partial charge in [-0.25, -0.2) is 4.98 Å². The number of thiophene rings is 1. The van der Waals surface area contributed by atoms with Gasteiger partial charge < -0.3 is 4.74 Å². The van der Waals surface area contributed by atoms with E-state index in [2.05, 4.69) is 36.2 Å². The van der Waals surface area contributed by atoms with Crippen LogP contribution in [0.25, 0.3) is 20.2 Å². The van der Waals surface area contributed by atoms with Crippen molar-refractivity contribution in [2.75, 3.05) is 7.11 Å². The van der Waals surface area contributed by atoms with Gasteiger partial charge in [-0.1, -0.05) is 11.6 Å². The van der Waals surface area contributed by atoms with E-state index in [1.54, 1.807) is 24.6 Å². The summed E-state index contributed by atoms with van der Waals surface area (Å²) in [5, 5.41) is 2.52. The van der Waals surface area contributed by atoms with Gasteiger partial charge in [-0.2, -0.15) is 0 Å². The molecule has 2 nitrogen and oxygen atoms in total. The van der Waals surface area contributed by atoms with Crippen molar-refractivity contribution < 1.29 is 4.74 Å². The van der Waals surface area contributed by atoms with E-state index in [0.29, 0.717) is 0 Å². The fourth-order valence-electron chi connectivity index (χ4n) is 1.94. The lowest BCUT2D eigenvalue weighted by Gasteiger charge is -1.98. The molecule has 0 aliphatic carbocycles. The van der Waals surface area contributed by atoms with E-state index in [0.717, 1.165) is 10.6 Å². The molecule has 0 spiro atoms. The largest absolute Gasteiger partial charge is 0.480 e. The molecule has 0 aliphatic heterocycles. The van der Waals surface area contributed by atoms with Gasteiger partial charge in [0.25, 0.3) is 0 Å². The van der Waals surface area contributed by atoms with Gasteiger partial charge in [0.2, 0.25) is 5.88 Å². The highest BCUT2D eigenvalue weighted by Gasteiger charge is 2.09. The first-order valence-corrected chi connectivity index (χ1v) is 5.93. The summed E-state index contributed by atoms with van der Waals surface area (Å²) in [5.74, 6) is 0.719. The second kappa shape index (κ2) is 3.46. The standard InChI is InChI=1S/C13H11NOS/c1-8-3-4-11-10(7-8)9-5-6-14-13(15-2)12(9)16-11/h3-7H,1-2H3. The lowest BCUT2D eigenvalue weighted by Crippen LogP contribution is -1.85. The number of nitrogens with zero attached hydrogens (tertiary/aromatic N) is 1. The van der Waals surface area contributed by atoms with Gasteiger partial charge >= 0.3 is 0 Å². The highest BCUT2D eigenvalue weighted by Crippen LogP contribution is 2.38. The minimum absolute atomic E-state index is 0.719. The van der Waals surface area contributed by atoms with E-state index >= 15 is 0 Å². The minimum atomic E-state index is 0.719. The Morgan fingerprint density at radius 1 is 1.19 bits per heavy atom. The van der Waals surface area contributed by atoms with Crippen LogP contribution in [0.1, 0.15) is 5.56 Å². The summed E-state index contributed by atoms with van der Waals surface area (Å²) in [6, 6.07) is 8.57. The predicted molar refractivity (Wildman–Crippen MR) is 68.4 cm³/mol. The number of methoxy groups -OCH3 is 1. The first-order chi connectivity index (χ1) is 7.79. The van der Waals surface area contributed by atoms with Gasteiger partial charge in [-0.15, -0.1) is 11.3 Å². The summed E-state index contributed by atoms with van der Waals surface area (Å²) in [7, 11) is 1.66. The summed E-state index contributed by atoms with van der Waals surface area (Å²) in [6.07, 6.45) is 1.80. The van der Waals surface area contributed by atoms with Crippen LogP contribution in [0.15, 0.2) is 30.5 Å². The van der Waals surface area contributed by atoms with Crippen LogP contribution in [0.2, 0.25) is 0 Å². The Labute approximate surface area is 97.5 Å². The van der Waals surface area contributed by atoms with Crippen LogP contribution in [0.3, 0.4) is 0 Å². The van der Waals surface area contributed by atoms with Crippen molar-refractivity contribution in [2.45, 2.75) is 6.92 Å². The molecule has 1 aromatic carbocycles. The molecule has 16 heavy (non-hydrogen) atoms. The molecule has 0 N–H and O–H groups in total. The normalized spacial score (nSPS) is 11.1. The molecule has 3 rings (SSSR count). The molecule has 0 saturated heterocycles. The van der Waals surface area contributed by atoms with Gasteiger partial charge in [-0.3, -0.25) is 0 Å². The zero-order chi connectivity index (χ0) is 11.1. The summed E-state index contributed by atoms with van der Waals surface area (Å²) < 4.78 is 7.70. The van der Waals surface area contributed by atoms with Crippen LogP contribution in [0.4, 0.5) is 0 Å². The molecule has 2 aromatic heterocycles. The first-order valence-electron chi connectivity index (χ1n) is 5.11. The summed E-state index contributed by atoms with van der Waals surface area (Å²) in [6.45, 7) is 2.11. The number of aromatic nitrogens is 1. The van der Waals surface area contributed by atoms with Crippen LogP contribution in [0, 0.1) is 6.92 Å². The van der Waals surface area contributed by atoms with Crippen LogP contribution < -0.4 is 4.74 Å². The number of pyridine rings is 1. The Morgan fingerprint density at radius 2 is 2.06 bits per heavy atom. The fourth-order valence-corrected chi connectivity index (χ4v) is 3.08. The minimum Gasteiger partial charge on any atom is -0.480 e. The third-order valence-corrected chi connectivity index (χ3v) is 3.88. The number of rotatable bonds is 1. The predicted octanol–water partition coefficient (Wildman–Crippen LogP) is 3.77. The summed E-state index contributed by atoms with van der Waals surface area (Å²) >= 11 is 1.73. The number of benzene rings is 1. The maximum atomic E-state index is 5.29. The number of hydrogen-bond donors (Lipinski definition) is 0. The Morgan fingerprint density at radius 3 is 2.88 bits per heavy atom. The number of fused-ring (bicyclic) bond motifs is 3. The second-order valence-corrected chi connectivity index (χ2v) is 4.85. The van der Waals surface area contributed by atoms with Crippen molar-refractivity contribution in [1.82, 2.24) is 4.98 Å². The Bertz CT molecular complexity index is 672. The molecular weight excluding hydrogens is 218 g/mol. The second-order valence-electron chi connectivity index (χ2n) is 3.80. The molecule has 0 saturated carbocycles. The highest BCUT2D eigenvalue weighted by molar-refractivity contribution is 7.26. The lowest BCUT2D eigenvalue weighted by atomic mass is 10.1. The van der Waals surface area contributed by atoms with Crippen LogP contribution in [-0.4, -0.2) is 12.1 Å². The Balaban J connectivity index is 2.50. The lowest BCUT2D eigenvalue weighted by molar-refractivity contribution is 0.404. The maximum absolute atomic E-state index is 5.29. The SMILES string of the molecule is COc1nccc2c1sc1ccc(C)cc12. The molecule has 0 bridgehead atoms. The average Bonchev–Trinajstić information content (AvgIpc) is 2.67. The topological polar surface area (TPSA) is 22.1 Å². The molecule has 0 atom stereocenters. The van der Waals surface area contributed by atoms with E-state index in [4.69, 9.17) is 4.74 Å². The van der Waals surface area contributed by atoms with Crippen molar-refractivity contribution >= 4 is 31.5 Å². The van der Waals surface area contributed by atoms with Gasteiger partial charge in [0.1, 0.15) is 0 Å². The molecule has 3 heteroatoms. The van der Waals surface area contributed by atoms with Gasteiger partial charge in [-0.05, 0) is 25.1 Å². The smallest absolute Gasteiger partial charge is 0.231 e. The van der Waals surface area contributed by atoms with Crippen molar-refractivity contribution in [3.05, 3.63) is 36.0 Å². The number of hydrogen-bond acceptors (Lipinski definition) is 3. The third kappa shape index (κ3) is 1.28. The van der Waals surface area contributed by atoms with Crippen molar-refractivity contribution in [2.24, 2.45) is 0 Å². The average molecular weight is 229 g/mol. The Kier molecular flexibility index (Phi) is 2.07. The zero-order valence-corrected chi connectivity index (χ0v) is 9.97.